The normalized spacial score (nSPS) is 21.8. The van der Waals surface area contributed by atoms with Crippen molar-refractivity contribution in [3.05, 3.63) is 58.7 Å². The Morgan fingerprint density at radius 3 is 2.48 bits per heavy atom. The SMILES string of the molecule is CCOc1ccc(Cc2cc(C3CC(O)CC(CO)O3)c(OCO)cc2C)cc1. The molecular weight excluding hydrogens is 372 g/mol. The van der Waals surface area contributed by atoms with Crippen molar-refractivity contribution in [1.82, 2.24) is 0 Å². The van der Waals surface area contributed by atoms with Gasteiger partial charge < -0.3 is 29.5 Å². The number of aliphatic hydroxyl groups is 3. The third kappa shape index (κ3) is 5.48. The molecule has 1 aliphatic rings. The zero-order valence-electron chi connectivity index (χ0n) is 17.0. The van der Waals surface area contributed by atoms with Crippen LogP contribution in [0.3, 0.4) is 0 Å². The predicted octanol–water partition coefficient (Wildman–Crippen LogP) is 2.89. The molecule has 0 aliphatic carbocycles. The van der Waals surface area contributed by atoms with Crippen LogP contribution in [0.15, 0.2) is 36.4 Å². The van der Waals surface area contributed by atoms with Crippen molar-refractivity contribution in [1.29, 1.82) is 0 Å². The first-order valence-electron chi connectivity index (χ1n) is 10.1. The molecule has 6 heteroatoms. The maximum atomic E-state index is 10.2. The van der Waals surface area contributed by atoms with E-state index in [9.17, 15) is 15.3 Å². The predicted molar refractivity (Wildman–Crippen MR) is 109 cm³/mol. The molecule has 1 saturated heterocycles. The van der Waals surface area contributed by atoms with Gasteiger partial charge in [0.15, 0.2) is 6.79 Å². The maximum absolute atomic E-state index is 10.2. The van der Waals surface area contributed by atoms with Crippen molar-refractivity contribution in [2.75, 3.05) is 20.0 Å². The van der Waals surface area contributed by atoms with Crippen LogP contribution in [0.5, 0.6) is 11.5 Å². The van der Waals surface area contributed by atoms with Crippen molar-refractivity contribution in [3.63, 3.8) is 0 Å². The van der Waals surface area contributed by atoms with E-state index in [0.29, 0.717) is 25.2 Å². The molecular formula is C23H30O6. The van der Waals surface area contributed by atoms with Gasteiger partial charge in [0.1, 0.15) is 11.5 Å². The summed E-state index contributed by atoms with van der Waals surface area (Å²) in [4.78, 5) is 0. The topological polar surface area (TPSA) is 88.4 Å². The molecule has 2 aromatic carbocycles. The van der Waals surface area contributed by atoms with Gasteiger partial charge in [-0.1, -0.05) is 12.1 Å². The second kappa shape index (κ2) is 10.1. The van der Waals surface area contributed by atoms with E-state index in [-0.39, 0.29) is 6.61 Å². The van der Waals surface area contributed by atoms with Crippen LogP contribution in [-0.4, -0.2) is 47.5 Å². The summed E-state index contributed by atoms with van der Waals surface area (Å²) < 4.78 is 16.9. The fourth-order valence-corrected chi connectivity index (χ4v) is 3.78. The lowest BCUT2D eigenvalue weighted by Crippen LogP contribution is -2.33. The average Bonchev–Trinajstić information content (AvgIpc) is 2.71. The molecule has 3 N–H and O–H groups in total. The minimum atomic E-state index is -0.552. The number of rotatable bonds is 8. The molecule has 3 atom stereocenters. The number of hydrogen-bond donors (Lipinski definition) is 3. The second-order valence-corrected chi connectivity index (χ2v) is 7.40. The van der Waals surface area contributed by atoms with Crippen molar-refractivity contribution in [3.8, 4) is 11.5 Å². The zero-order valence-corrected chi connectivity index (χ0v) is 17.0. The van der Waals surface area contributed by atoms with Gasteiger partial charge in [0.05, 0.1) is 31.5 Å². The second-order valence-electron chi connectivity index (χ2n) is 7.40. The quantitative estimate of drug-likeness (QED) is 0.589. The Bertz CT molecular complexity index is 789. The molecule has 0 amide bonds. The summed E-state index contributed by atoms with van der Waals surface area (Å²) in [5.74, 6) is 1.39. The first-order chi connectivity index (χ1) is 14.0. The van der Waals surface area contributed by atoms with Crippen LogP contribution in [0.25, 0.3) is 0 Å². The Hall–Kier alpha value is -2.12. The van der Waals surface area contributed by atoms with E-state index >= 15 is 0 Å². The maximum Gasteiger partial charge on any atom is 0.186 e. The van der Waals surface area contributed by atoms with Crippen LogP contribution in [0.2, 0.25) is 0 Å². The number of benzene rings is 2. The molecule has 0 radical (unpaired) electrons. The number of aliphatic hydroxyl groups excluding tert-OH is 3. The molecule has 1 fully saturated rings. The Morgan fingerprint density at radius 1 is 1.07 bits per heavy atom. The molecule has 0 bridgehead atoms. The summed E-state index contributed by atoms with van der Waals surface area (Å²) in [6.45, 7) is 4.01. The minimum absolute atomic E-state index is 0.144. The molecule has 1 heterocycles. The largest absolute Gasteiger partial charge is 0.494 e. The highest BCUT2D eigenvalue weighted by molar-refractivity contribution is 5.46. The lowest BCUT2D eigenvalue weighted by Gasteiger charge is -2.33. The van der Waals surface area contributed by atoms with E-state index in [4.69, 9.17) is 14.2 Å². The smallest absolute Gasteiger partial charge is 0.186 e. The zero-order chi connectivity index (χ0) is 20.8. The Balaban J connectivity index is 1.89. The van der Waals surface area contributed by atoms with Crippen LogP contribution >= 0.6 is 0 Å². The number of hydrogen-bond acceptors (Lipinski definition) is 6. The van der Waals surface area contributed by atoms with Crippen LogP contribution in [0.1, 0.15) is 48.1 Å². The van der Waals surface area contributed by atoms with Crippen molar-refractivity contribution >= 4 is 0 Å². The van der Waals surface area contributed by atoms with Crippen molar-refractivity contribution in [2.45, 2.75) is 51.4 Å². The minimum Gasteiger partial charge on any atom is -0.494 e. The molecule has 29 heavy (non-hydrogen) atoms. The van der Waals surface area contributed by atoms with Gasteiger partial charge in [-0.2, -0.15) is 0 Å². The Kier molecular flexibility index (Phi) is 7.50. The molecule has 0 aromatic heterocycles. The average molecular weight is 402 g/mol. The van der Waals surface area contributed by atoms with Crippen LogP contribution < -0.4 is 9.47 Å². The van der Waals surface area contributed by atoms with Gasteiger partial charge in [-0.3, -0.25) is 0 Å². The monoisotopic (exact) mass is 402 g/mol. The van der Waals surface area contributed by atoms with Gasteiger partial charge in [0.2, 0.25) is 0 Å². The Labute approximate surface area is 171 Å². The third-order valence-electron chi connectivity index (χ3n) is 5.25. The van der Waals surface area contributed by atoms with Crippen molar-refractivity contribution in [2.24, 2.45) is 0 Å². The standard InChI is InChI=1S/C23H30O6/c1-3-27-19-6-4-16(5-7-19)9-17-10-21(22(28-14-25)8-15(17)2)23-12-18(26)11-20(13-24)29-23/h4-8,10,18,20,23-26H,3,9,11-14H2,1-2H3. The summed E-state index contributed by atoms with van der Waals surface area (Å²) >= 11 is 0. The fraction of sp³-hybridized carbons (Fsp3) is 0.478. The molecule has 6 nitrogen and oxygen atoms in total. The van der Waals surface area contributed by atoms with Gasteiger partial charge in [0, 0.05) is 18.4 Å². The van der Waals surface area contributed by atoms with Gasteiger partial charge in [-0.25, -0.2) is 0 Å². The van der Waals surface area contributed by atoms with Crippen LogP contribution in [-0.2, 0) is 11.2 Å². The summed E-state index contributed by atoms with van der Waals surface area (Å²) in [6.07, 6.45) is 0.184. The van der Waals surface area contributed by atoms with Crippen molar-refractivity contribution < 1.29 is 29.5 Å². The molecule has 0 spiro atoms. The lowest BCUT2D eigenvalue weighted by atomic mass is 9.91. The summed E-state index contributed by atoms with van der Waals surface area (Å²) in [5, 5.41) is 29.0. The van der Waals surface area contributed by atoms with E-state index in [2.05, 4.69) is 0 Å². The van der Waals surface area contributed by atoms with Crippen LogP contribution in [0, 0.1) is 6.92 Å². The summed E-state index contributed by atoms with van der Waals surface area (Å²) in [6, 6.07) is 11.9. The van der Waals surface area contributed by atoms with E-state index in [1.54, 1.807) is 0 Å². The first kappa shape index (κ1) is 21.6. The van der Waals surface area contributed by atoms with Gasteiger partial charge in [-0.05, 0) is 61.2 Å². The Morgan fingerprint density at radius 2 is 1.83 bits per heavy atom. The number of ether oxygens (including phenoxy) is 3. The highest BCUT2D eigenvalue weighted by Crippen LogP contribution is 2.38. The van der Waals surface area contributed by atoms with Gasteiger partial charge in [0.25, 0.3) is 0 Å². The molecule has 2 aromatic rings. The van der Waals surface area contributed by atoms with E-state index in [1.807, 2.05) is 50.2 Å². The molecule has 3 unspecified atom stereocenters. The first-order valence-corrected chi connectivity index (χ1v) is 10.1. The van der Waals surface area contributed by atoms with E-state index in [0.717, 1.165) is 34.4 Å². The summed E-state index contributed by atoms with van der Waals surface area (Å²) in [7, 11) is 0. The molecule has 158 valence electrons. The third-order valence-corrected chi connectivity index (χ3v) is 5.25. The summed E-state index contributed by atoms with van der Waals surface area (Å²) in [5.41, 5.74) is 4.08. The van der Waals surface area contributed by atoms with E-state index < -0.39 is 25.1 Å². The molecule has 3 rings (SSSR count). The number of aryl methyl sites for hydroxylation is 1. The lowest BCUT2D eigenvalue weighted by molar-refractivity contribution is -0.114. The van der Waals surface area contributed by atoms with Crippen LogP contribution in [0.4, 0.5) is 0 Å². The van der Waals surface area contributed by atoms with E-state index in [1.165, 1.54) is 0 Å². The molecule has 1 aliphatic heterocycles. The fourth-order valence-electron chi connectivity index (χ4n) is 3.78. The van der Waals surface area contributed by atoms with Gasteiger partial charge >= 0.3 is 0 Å². The highest BCUT2D eigenvalue weighted by atomic mass is 16.6. The highest BCUT2D eigenvalue weighted by Gasteiger charge is 2.31. The van der Waals surface area contributed by atoms with Gasteiger partial charge in [-0.15, -0.1) is 0 Å². The molecule has 0 saturated carbocycles.